The van der Waals surface area contributed by atoms with Crippen LogP contribution in [0.4, 0.5) is 4.79 Å². The van der Waals surface area contributed by atoms with E-state index in [0.29, 0.717) is 12.5 Å². The second kappa shape index (κ2) is 7.90. The first-order valence-corrected chi connectivity index (χ1v) is 11.6. The molecule has 0 aromatic heterocycles. The van der Waals surface area contributed by atoms with E-state index in [-0.39, 0.29) is 28.8 Å². The molecule has 2 amide bonds. The zero-order chi connectivity index (χ0) is 21.5. The molecule has 1 aromatic rings. The maximum atomic E-state index is 13.3. The van der Waals surface area contributed by atoms with Crippen molar-refractivity contribution in [1.29, 1.82) is 0 Å². The molecule has 0 saturated heterocycles. The Bertz CT molecular complexity index is 833. The van der Waals surface area contributed by atoms with Crippen LogP contribution in [-0.4, -0.2) is 36.4 Å². The van der Waals surface area contributed by atoms with Crippen LogP contribution in [0.1, 0.15) is 77.7 Å². The average molecular weight is 412 g/mol. The summed E-state index contributed by atoms with van der Waals surface area (Å²) in [5.74, 6) is 1.68. The van der Waals surface area contributed by atoms with Crippen LogP contribution in [0.2, 0.25) is 0 Å². The molecular weight excluding hydrogens is 374 g/mol. The van der Waals surface area contributed by atoms with Crippen molar-refractivity contribution in [3.8, 4) is 5.75 Å². The number of para-hydroxylation sites is 1. The van der Waals surface area contributed by atoms with E-state index in [9.17, 15) is 4.79 Å². The van der Waals surface area contributed by atoms with Gasteiger partial charge >= 0.3 is 6.03 Å². The lowest BCUT2D eigenvalue weighted by molar-refractivity contribution is 0.118. The van der Waals surface area contributed by atoms with Gasteiger partial charge < -0.3 is 10.1 Å². The van der Waals surface area contributed by atoms with E-state index in [1.54, 1.807) is 12.1 Å². The van der Waals surface area contributed by atoms with E-state index in [1.165, 1.54) is 12.8 Å². The van der Waals surface area contributed by atoms with E-state index in [4.69, 9.17) is 9.84 Å². The molecule has 164 valence electrons. The first kappa shape index (κ1) is 21.2. The van der Waals surface area contributed by atoms with Gasteiger partial charge in [0, 0.05) is 23.2 Å². The van der Waals surface area contributed by atoms with Gasteiger partial charge in [-0.2, -0.15) is 5.10 Å². The normalized spacial score (nSPS) is 31.7. The number of methoxy groups -OCH3 is 1. The van der Waals surface area contributed by atoms with E-state index in [2.05, 4.69) is 39.1 Å². The van der Waals surface area contributed by atoms with Crippen molar-refractivity contribution in [3.63, 3.8) is 0 Å². The predicted molar refractivity (Wildman–Crippen MR) is 121 cm³/mol. The lowest BCUT2D eigenvalue weighted by atomic mass is 9.69. The number of carbonyl (C=O) groups excluding carboxylic acids is 1. The Morgan fingerprint density at radius 3 is 2.70 bits per heavy atom. The zero-order valence-corrected chi connectivity index (χ0v) is 19.2. The van der Waals surface area contributed by atoms with Crippen LogP contribution in [0.25, 0.3) is 0 Å². The average Bonchev–Trinajstić information content (AvgIpc) is 3.31. The fourth-order valence-electron chi connectivity index (χ4n) is 6.13. The molecule has 1 aliphatic heterocycles. The standard InChI is InChI=1S/C25H37N3O2/c1-6-7-11-20-19(18-10-8-9-12-21(18)30-5)16-28(27-20)23(29)26-22-15-17-13-14-25(22,4)24(17,2)3/h8-10,12,17,19,22H,6-7,11,13-16H2,1-5H3,(H,26,29)/t17-,19?,22-,25-/m0/s1. The Labute approximate surface area is 181 Å². The van der Waals surface area contributed by atoms with Gasteiger partial charge in [0.2, 0.25) is 0 Å². The van der Waals surface area contributed by atoms with Gasteiger partial charge in [-0.15, -0.1) is 0 Å². The molecular formula is C25H37N3O2. The second-order valence-corrected chi connectivity index (χ2v) is 10.2. The highest BCUT2D eigenvalue weighted by atomic mass is 16.5. The van der Waals surface area contributed by atoms with Gasteiger partial charge in [0.15, 0.2) is 0 Å². The lowest BCUT2D eigenvalue weighted by Crippen LogP contribution is -2.50. The summed E-state index contributed by atoms with van der Waals surface area (Å²) >= 11 is 0. The molecule has 1 N–H and O–H groups in total. The summed E-state index contributed by atoms with van der Waals surface area (Å²) in [4.78, 5) is 13.3. The minimum atomic E-state index is -0.0454. The number of nitrogens with one attached hydrogen (secondary N) is 1. The van der Waals surface area contributed by atoms with Crippen LogP contribution in [0.15, 0.2) is 29.4 Å². The molecule has 0 radical (unpaired) electrons. The van der Waals surface area contributed by atoms with Gasteiger partial charge in [0.25, 0.3) is 0 Å². The molecule has 5 nitrogen and oxygen atoms in total. The molecule has 2 bridgehead atoms. The Kier molecular flexibility index (Phi) is 5.58. The minimum absolute atomic E-state index is 0.0454. The molecule has 2 fully saturated rings. The summed E-state index contributed by atoms with van der Waals surface area (Å²) in [6, 6.07) is 8.31. The van der Waals surface area contributed by atoms with Crippen LogP contribution in [0, 0.1) is 16.7 Å². The van der Waals surface area contributed by atoms with Gasteiger partial charge in [-0.25, -0.2) is 9.80 Å². The first-order valence-electron chi connectivity index (χ1n) is 11.6. The number of hydrogen-bond acceptors (Lipinski definition) is 3. The first-order chi connectivity index (χ1) is 14.3. The zero-order valence-electron chi connectivity index (χ0n) is 19.2. The smallest absolute Gasteiger partial charge is 0.338 e. The maximum Gasteiger partial charge on any atom is 0.338 e. The summed E-state index contributed by atoms with van der Waals surface area (Å²) < 4.78 is 5.61. The van der Waals surface area contributed by atoms with Crippen LogP contribution in [0.3, 0.4) is 0 Å². The Morgan fingerprint density at radius 2 is 2.07 bits per heavy atom. The maximum absolute atomic E-state index is 13.3. The number of rotatable bonds is 6. The minimum Gasteiger partial charge on any atom is -0.496 e. The largest absolute Gasteiger partial charge is 0.496 e. The SMILES string of the molecule is CCCCC1=NN(C(=O)N[C@H]2C[C@@H]3CC[C@]2(C)C3(C)C)CC1c1ccccc1OC. The van der Waals surface area contributed by atoms with Crippen molar-refractivity contribution in [1.82, 2.24) is 10.3 Å². The second-order valence-electron chi connectivity index (χ2n) is 10.2. The van der Waals surface area contributed by atoms with Crippen molar-refractivity contribution in [2.75, 3.05) is 13.7 Å². The molecule has 30 heavy (non-hydrogen) atoms. The third kappa shape index (κ3) is 3.30. The van der Waals surface area contributed by atoms with Gasteiger partial charge in [0.1, 0.15) is 5.75 Å². The molecule has 1 aromatic carbocycles. The van der Waals surface area contributed by atoms with Gasteiger partial charge in [-0.1, -0.05) is 52.3 Å². The van der Waals surface area contributed by atoms with Crippen molar-refractivity contribution in [2.45, 2.75) is 78.2 Å². The fraction of sp³-hybridized carbons (Fsp3) is 0.680. The van der Waals surface area contributed by atoms with Crippen molar-refractivity contribution in [3.05, 3.63) is 29.8 Å². The third-order valence-electron chi connectivity index (χ3n) is 8.63. The number of benzene rings is 1. The van der Waals surface area contributed by atoms with Gasteiger partial charge in [-0.05, 0) is 54.9 Å². The van der Waals surface area contributed by atoms with Crippen LogP contribution in [0.5, 0.6) is 5.75 Å². The topological polar surface area (TPSA) is 53.9 Å². The molecule has 1 heterocycles. The highest BCUT2D eigenvalue weighted by Crippen LogP contribution is 2.65. The monoisotopic (exact) mass is 411 g/mol. The number of hydrogen-bond donors (Lipinski definition) is 1. The summed E-state index contributed by atoms with van der Waals surface area (Å²) in [6.07, 6.45) is 6.68. The highest BCUT2D eigenvalue weighted by molar-refractivity contribution is 5.95. The van der Waals surface area contributed by atoms with Crippen molar-refractivity contribution in [2.24, 2.45) is 21.8 Å². The van der Waals surface area contributed by atoms with E-state index >= 15 is 0 Å². The number of hydrazone groups is 1. The van der Waals surface area contributed by atoms with E-state index < -0.39 is 0 Å². The lowest BCUT2D eigenvalue weighted by Gasteiger charge is -2.39. The molecule has 4 rings (SSSR count). The molecule has 4 atom stereocenters. The highest BCUT2D eigenvalue weighted by Gasteiger charge is 2.61. The van der Waals surface area contributed by atoms with E-state index in [0.717, 1.165) is 42.7 Å². The number of ether oxygens (including phenoxy) is 1. The van der Waals surface area contributed by atoms with Gasteiger partial charge in [-0.3, -0.25) is 0 Å². The third-order valence-corrected chi connectivity index (χ3v) is 8.63. The molecule has 5 heteroatoms. The van der Waals surface area contributed by atoms with Crippen LogP contribution in [-0.2, 0) is 0 Å². The molecule has 1 unspecified atom stereocenters. The number of fused-ring (bicyclic) bond motifs is 2. The van der Waals surface area contributed by atoms with E-state index in [1.807, 2.05) is 18.2 Å². The number of unbranched alkanes of at least 4 members (excludes halogenated alkanes) is 1. The van der Waals surface area contributed by atoms with Gasteiger partial charge in [0.05, 0.1) is 13.7 Å². The van der Waals surface area contributed by atoms with Crippen molar-refractivity contribution < 1.29 is 9.53 Å². The molecule has 2 saturated carbocycles. The molecule has 2 aliphatic carbocycles. The van der Waals surface area contributed by atoms with Crippen LogP contribution >= 0.6 is 0 Å². The molecule has 3 aliphatic rings. The predicted octanol–water partition coefficient (Wildman–Crippen LogP) is 5.57. The summed E-state index contributed by atoms with van der Waals surface area (Å²) in [5.41, 5.74) is 2.67. The number of nitrogens with zero attached hydrogens (tertiary/aromatic N) is 2. The quantitative estimate of drug-likeness (QED) is 0.666. The van der Waals surface area contributed by atoms with Crippen molar-refractivity contribution >= 4 is 11.7 Å². The summed E-state index contributed by atoms with van der Waals surface area (Å²) in [7, 11) is 1.71. The Hall–Kier alpha value is -2.04. The fourth-order valence-corrected chi connectivity index (χ4v) is 6.13. The number of urea groups is 1. The Morgan fingerprint density at radius 1 is 1.30 bits per heavy atom. The number of amides is 2. The Balaban J connectivity index is 1.52. The number of carbonyl (C=O) groups is 1. The molecule has 0 spiro atoms. The van der Waals surface area contributed by atoms with Crippen LogP contribution < -0.4 is 10.1 Å². The summed E-state index contributed by atoms with van der Waals surface area (Å²) in [6.45, 7) is 9.90. The summed E-state index contributed by atoms with van der Waals surface area (Å²) in [5, 5.41) is 9.85.